The highest BCUT2D eigenvalue weighted by molar-refractivity contribution is 5.69. The van der Waals surface area contributed by atoms with Gasteiger partial charge in [0.2, 0.25) is 0 Å². The van der Waals surface area contributed by atoms with Gasteiger partial charge in [0, 0.05) is 25.2 Å². The van der Waals surface area contributed by atoms with E-state index < -0.39 is 5.60 Å². The Hall–Kier alpha value is -0.770. The number of nitrogens with zero attached hydrogens (tertiary/aromatic N) is 1. The number of amides is 1. The SMILES string of the molecule is CC1CCC(NC2CN(C(=O)OC(C)(C)C)C2)CC1C. The first-order valence-corrected chi connectivity index (χ1v) is 7.98. The normalized spacial score (nSPS) is 31.9. The molecule has 1 saturated heterocycles. The lowest BCUT2D eigenvalue weighted by Crippen LogP contribution is -2.62. The highest BCUT2D eigenvalue weighted by atomic mass is 16.6. The summed E-state index contributed by atoms with van der Waals surface area (Å²) in [6, 6.07) is 1.08. The first-order valence-electron chi connectivity index (χ1n) is 7.98. The third-order valence-corrected chi connectivity index (χ3v) is 4.60. The molecule has 1 saturated carbocycles. The Morgan fingerprint density at radius 2 is 1.75 bits per heavy atom. The smallest absolute Gasteiger partial charge is 0.410 e. The number of nitrogens with one attached hydrogen (secondary N) is 1. The molecule has 0 aromatic rings. The van der Waals surface area contributed by atoms with Gasteiger partial charge in [-0.05, 0) is 51.9 Å². The van der Waals surface area contributed by atoms with Gasteiger partial charge < -0.3 is 15.0 Å². The molecule has 3 unspecified atom stereocenters. The maximum atomic E-state index is 11.8. The summed E-state index contributed by atoms with van der Waals surface area (Å²) >= 11 is 0. The highest BCUT2D eigenvalue weighted by Crippen LogP contribution is 2.30. The zero-order valence-corrected chi connectivity index (χ0v) is 13.6. The van der Waals surface area contributed by atoms with Crippen LogP contribution in [-0.4, -0.2) is 41.8 Å². The molecule has 1 heterocycles. The van der Waals surface area contributed by atoms with Crippen molar-refractivity contribution in [3.8, 4) is 0 Å². The predicted molar refractivity (Wildman–Crippen MR) is 80.7 cm³/mol. The second-order valence-corrected chi connectivity index (χ2v) is 7.71. The summed E-state index contributed by atoms with van der Waals surface area (Å²) in [4.78, 5) is 13.6. The molecule has 1 aliphatic carbocycles. The molecule has 2 rings (SSSR count). The van der Waals surface area contributed by atoms with E-state index in [9.17, 15) is 4.79 Å². The minimum absolute atomic E-state index is 0.179. The summed E-state index contributed by atoms with van der Waals surface area (Å²) in [5.74, 6) is 1.66. The average molecular weight is 282 g/mol. The molecule has 1 amide bonds. The van der Waals surface area contributed by atoms with Crippen LogP contribution >= 0.6 is 0 Å². The van der Waals surface area contributed by atoms with Gasteiger partial charge in [-0.15, -0.1) is 0 Å². The van der Waals surface area contributed by atoms with Gasteiger partial charge in [0.05, 0.1) is 0 Å². The van der Waals surface area contributed by atoms with E-state index in [-0.39, 0.29) is 6.09 Å². The van der Waals surface area contributed by atoms with Crippen LogP contribution in [0.3, 0.4) is 0 Å². The van der Waals surface area contributed by atoms with Crippen LogP contribution in [0.2, 0.25) is 0 Å². The number of ether oxygens (including phenoxy) is 1. The van der Waals surface area contributed by atoms with E-state index in [4.69, 9.17) is 4.74 Å². The number of likely N-dealkylation sites (tertiary alicyclic amines) is 1. The van der Waals surface area contributed by atoms with E-state index in [2.05, 4.69) is 19.2 Å². The Morgan fingerprint density at radius 3 is 2.30 bits per heavy atom. The molecule has 2 fully saturated rings. The zero-order valence-electron chi connectivity index (χ0n) is 13.6. The average Bonchev–Trinajstić information content (AvgIpc) is 2.25. The second-order valence-electron chi connectivity index (χ2n) is 7.71. The number of carbonyl (C=O) groups excluding carboxylic acids is 1. The van der Waals surface area contributed by atoms with E-state index in [1.165, 1.54) is 19.3 Å². The van der Waals surface area contributed by atoms with Crippen molar-refractivity contribution in [3.63, 3.8) is 0 Å². The molecule has 2 aliphatic rings. The fourth-order valence-corrected chi connectivity index (χ4v) is 3.09. The Labute approximate surface area is 123 Å². The summed E-state index contributed by atoms with van der Waals surface area (Å²) < 4.78 is 5.37. The molecule has 0 aromatic heterocycles. The van der Waals surface area contributed by atoms with Gasteiger partial charge in [0.15, 0.2) is 0 Å². The molecule has 0 radical (unpaired) electrons. The van der Waals surface area contributed by atoms with Crippen molar-refractivity contribution in [1.82, 2.24) is 10.2 Å². The Balaban J connectivity index is 1.68. The van der Waals surface area contributed by atoms with Gasteiger partial charge in [-0.25, -0.2) is 4.79 Å². The van der Waals surface area contributed by atoms with Gasteiger partial charge in [-0.3, -0.25) is 0 Å². The van der Waals surface area contributed by atoms with Crippen LogP contribution < -0.4 is 5.32 Å². The second kappa shape index (κ2) is 5.92. The third-order valence-electron chi connectivity index (χ3n) is 4.60. The lowest BCUT2D eigenvalue weighted by Gasteiger charge is -2.43. The Kier molecular flexibility index (Phi) is 4.62. The van der Waals surface area contributed by atoms with Crippen molar-refractivity contribution < 1.29 is 9.53 Å². The quantitative estimate of drug-likeness (QED) is 0.846. The highest BCUT2D eigenvalue weighted by Gasteiger charge is 2.35. The molecule has 1 aliphatic heterocycles. The maximum Gasteiger partial charge on any atom is 0.410 e. The van der Waals surface area contributed by atoms with E-state index >= 15 is 0 Å². The van der Waals surface area contributed by atoms with E-state index in [1.807, 2.05) is 20.8 Å². The maximum absolute atomic E-state index is 11.8. The molecule has 4 heteroatoms. The molecule has 116 valence electrons. The molecule has 0 spiro atoms. The first-order chi connectivity index (χ1) is 9.24. The topological polar surface area (TPSA) is 41.6 Å². The first kappa shape index (κ1) is 15.6. The lowest BCUT2D eigenvalue weighted by molar-refractivity contribution is 0.00300. The molecule has 1 N–H and O–H groups in total. The Bertz CT molecular complexity index is 345. The molecule has 20 heavy (non-hydrogen) atoms. The number of carbonyl (C=O) groups is 1. The van der Waals surface area contributed by atoms with Gasteiger partial charge >= 0.3 is 6.09 Å². The van der Waals surface area contributed by atoms with E-state index in [1.54, 1.807) is 4.90 Å². The summed E-state index contributed by atoms with van der Waals surface area (Å²) in [6.45, 7) is 12.0. The molecule has 0 bridgehead atoms. The zero-order chi connectivity index (χ0) is 14.9. The minimum Gasteiger partial charge on any atom is -0.444 e. The van der Waals surface area contributed by atoms with Crippen molar-refractivity contribution >= 4 is 6.09 Å². The third kappa shape index (κ3) is 4.11. The van der Waals surface area contributed by atoms with Crippen molar-refractivity contribution in [2.24, 2.45) is 11.8 Å². The van der Waals surface area contributed by atoms with Crippen LogP contribution in [0.4, 0.5) is 4.79 Å². The fourth-order valence-electron chi connectivity index (χ4n) is 3.09. The number of hydrogen-bond acceptors (Lipinski definition) is 3. The Morgan fingerprint density at radius 1 is 1.10 bits per heavy atom. The van der Waals surface area contributed by atoms with Gasteiger partial charge in [-0.1, -0.05) is 13.8 Å². The standard InChI is InChI=1S/C16H30N2O2/c1-11-6-7-13(8-12(11)2)17-14-9-18(10-14)15(19)20-16(3,4)5/h11-14,17H,6-10H2,1-5H3. The summed E-state index contributed by atoms with van der Waals surface area (Å²) in [6.07, 6.45) is 3.68. The summed E-state index contributed by atoms with van der Waals surface area (Å²) in [7, 11) is 0. The van der Waals surface area contributed by atoms with Crippen LogP contribution in [-0.2, 0) is 4.74 Å². The number of rotatable bonds is 2. The van der Waals surface area contributed by atoms with Crippen molar-refractivity contribution in [1.29, 1.82) is 0 Å². The molecule has 4 nitrogen and oxygen atoms in total. The van der Waals surface area contributed by atoms with Gasteiger partial charge in [0.1, 0.15) is 5.60 Å². The molecular weight excluding hydrogens is 252 g/mol. The van der Waals surface area contributed by atoms with Crippen LogP contribution in [0.1, 0.15) is 53.9 Å². The fraction of sp³-hybridized carbons (Fsp3) is 0.938. The van der Waals surface area contributed by atoms with Crippen LogP contribution in [0, 0.1) is 11.8 Å². The summed E-state index contributed by atoms with van der Waals surface area (Å²) in [5.41, 5.74) is -0.398. The van der Waals surface area contributed by atoms with Crippen LogP contribution in [0.15, 0.2) is 0 Å². The summed E-state index contributed by atoms with van der Waals surface area (Å²) in [5, 5.41) is 3.70. The lowest BCUT2D eigenvalue weighted by atomic mass is 9.79. The van der Waals surface area contributed by atoms with Crippen molar-refractivity contribution in [3.05, 3.63) is 0 Å². The monoisotopic (exact) mass is 282 g/mol. The minimum atomic E-state index is -0.398. The van der Waals surface area contributed by atoms with Crippen LogP contribution in [0.5, 0.6) is 0 Å². The largest absolute Gasteiger partial charge is 0.444 e. The van der Waals surface area contributed by atoms with Crippen LogP contribution in [0.25, 0.3) is 0 Å². The van der Waals surface area contributed by atoms with E-state index in [0.717, 1.165) is 24.9 Å². The molecular formula is C16H30N2O2. The molecule has 0 aromatic carbocycles. The van der Waals surface area contributed by atoms with Crippen molar-refractivity contribution in [2.75, 3.05) is 13.1 Å². The van der Waals surface area contributed by atoms with Crippen molar-refractivity contribution in [2.45, 2.75) is 71.6 Å². The van der Waals surface area contributed by atoms with E-state index in [0.29, 0.717) is 12.1 Å². The predicted octanol–water partition coefficient (Wildman–Crippen LogP) is 3.02. The number of hydrogen-bond donors (Lipinski definition) is 1. The van der Waals surface area contributed by atoms with Gasteiger partial charge in [-0.2, -0.15) is 0 Å². The van der Waals surface area contributed by atoms with Gasteiger partial charge in [0.25, 0.3) is 0 Å². The molecule has 3 atom stereocenters.